The van der Waals surface area contributed by atoms with E-state index in [0.29, 0.717) is 36.0 Å². The van der Waals surface area contributed by atoms with Gasteiger partial charge in [0, 0.05) is 6.07 Å². The van der Waals surface area contributed by atoms with Crippen LogP contribution in [0.1, 0.15) is 37.0 Å². The Kier molecular flexibility index (Phi) is 7.90. The van der Waals surface area contributed by atoms with Gasteiger partial charge >= 0.3 is 0 Å². The van der Waals surface area contributed by atoms with Crippen LogP contribution in [-0.4, -0.2) is 25.6 Å². The van der Waals surface area contributed by atoms with Gasteiger partial charge in [0.25, 0.3) is 0 Å². The lowest BCUT2D eigenvalue weighted by Crippen LogP contribution is -2.13. The van der Waals surface area contributed by atoms with Crippen molar-refractivity contribution < 1.29 is 19.0 Å². The van der Waals surface area contributed by atoms with Crippen molar-refractivity contribution in [2.75, 3.05) is 19.8 Å². The molecule has 0 aliphatic carbocycles. The average molecular weight is 405 g/mol. The number of hydrogen-bond acceptors (Lipinski definition) is 4. The Bertz CT molecular complexity index is 933. The molecule has 0 N–H and O–H groups in total. The summed E-state index contributed by atoms with van der Waals surface area (Å²) >= 11 is 0. The van der Waals surface area contributed by atoms with E-state index in [0.717, 1.165) is 24.0 Å². The minimum atomic E-state index is -0.129. The molecule has 0 aliphatic heterocycles. The topological polar surface area (TPSA) is 44.8 Å². The summed E-state index contributed by atoms with van der Waals surface area (Å²) in [5.41, 5.74) is 2.75. The average Bonchev–Trinajstić information content (AvgIpc) is 2.80. The first kappa shape index (κ1) is 21.4. The number of ether oxygens (including phenoxy) is 3. The summed E-state index contributed by atoms with van der Waals surface area (Å²) in [4.78, 5) is 12.8. The van der Waals surface area contributed by atoms with E-state index in [-0.39, 0.29) is 12.4 Å². The molecule has 0 radical (unpaired) electrons. The third-order valence-electron chi connectivity index (χ3n) is 4.52. The summed E-state index contributed by atoms with van der Waals surface area (Å²) in [6.07, 6.45) is 1.78. The Hall–Kier alpha value is -3.27. The number of rotatable bonds is 11. The highest BCUT2D eigenvalue weighted by molar-refractivity contribution is 6.00. The van der Waals surface area contributed by atoms with Gasteiger partial charge in [-0.2, -0.15) is 0 Å². The molecule has 0 amide bonds. The maximum Gasteiger partial charge on any atom is 0.203 e. The van der Waals surface area contributed by atoms with Gasteiger partial charge in [-0.25, -0.2) is 0 Å². The molecular formula is C26H28O4. The predicted octanol–water partition coefficient (Wildman–Crippen LogP) is 6.19. The van der Waals surface area contributed by atoms with E-state index in [2.05, 4.69) is 19.1 Å². The van der Waals surface area contributed by atoms with E-state index >= 15 is 0 Å². The van der Waals surface area contributed by atoms with Crippen LogP contribution in [0.4, 0.5) is 0 Å². The molecule has 0 unspecified atom stereocenters. The fourth-order valence-corrected chi connectivity index (χ4v) is 2.98. The monoisotopic (exact) mass is 404 g/mol. The molecule has 30 heavy (non-hydrogen) atoms. The first-order valence-corrected chi connectivity index (χ1v) is 10.4. The molecule has 3 rings (SSSR count). The standard InChI is InChI=1S/C26H28O4/c1-3-16-28-23-14-15-24(26(18-23)29-17-4-2)25(27)19-30-22-12-10-21(11-13-22)20-8-6-5-7-9-20/h5-15,18H,3-4,16-17,19H2,1-2H3. The molecule has 3 aromatic carbocycles. The molecular weight excluding hydrogens is 376 g/mol. The second-order valence-electron chi connectivity index (χ2n) is 6.96. The lowest BCUT2D eigenvalue weighted by molar-refractivity contribution is 0.0917. The molecule has 4 heteroatoms. The number of ketones is 1. The molecule has 3 aromatic rings. The number of carbonyl (C=O) groups is 1. The zero-order chi connectivity index (χ0) is 21.2. The minimum absolute atomic E-state index is 0.0532. The van der Waals surface area contributed by atoms with Crippen molar-refractivity contribution in [3.63, 3.8) is 0 Å². The van der Waals surface area contributed by atoms with Gasteiger partial charge in [0.1, 0.15) is 17.2 Å². The van der Waals surface area contributed by atoms with E-state index in [9.17, 15) is 4.79 Å². The Morgan fingerprint density at radius 1 is 0.700 bits per heavy atom. The summed E-state index contributed by atoms with van der Waals surface area (Å²) in [7, 11) is 0. The van der Waals surface area contributed by atoms with Crippen molar-refractivity contribution >= 4 is 5.78 Å². The first-order chi connectivity index (χ1) is 14.7. The van der Waals surface area contributed by atoms with E-state index < -0.39 is 0 Å². The van der Waals surface area contributed by atoms with Gasteiger partial charge in [-0.3, -0.25) is 4.79 Å². The zero-order valence-electron chi connectivity index (χ0n) is 17.6. The Balaban J connectivity index is 1.66. The second-order valence-corrected chi connectivity index (χ2v) is 6.96. The van der Waals surface area contributed by atoms with Crippen LogP contribution in [0.3, 0.4) is 0 Å². The van der Waals surface area contributed by atoms with Crippen LogP contribution < -0.4 is 14.2 Å². The van der Waals surface area contributed by atoms with Crippen LogP contribution in [0.2, 0.25) is 0 Å². The zero-order valence-corrected chi connectivity index (χ0v) is 17.6. The highest BCUT2D eigenvalue weighted by Crippen LogP contribution is 2.27. The molecule has 0 saturated heterocycles. The summed E-state index contributed by atoms with van der Waals surface area (Å²) in [5, 5.41) is 0. The number of Topliss-reactive ketones (excluding diaryl/α,β-unsaturated/α-hetero) is 1. The third-order valence-corrected chi connectivity index (χ3v) is 4.52. The van der Waals surface area contributed by atoms with Gasteiger partial charge in [-0.05, 0) is 48.2 Å². The van der Waals surface area contributed by atoms with Gasteiger partial charge in [0.15, 0.2) is 6.61 Å². The van der Waals surface area contributed by atoms with Gasteiger partial charge in [-0.1, -0.05) is 56.3 Å². The Morgan fingerprint density at radius 2 is 1.33 bits per heavy atom. The lowest BCUT2D eigenvalue weighted by atomic mass is 10.1. The fourth-order valence-electron chi connectivity index (χ4n) is 2.98. The molecule has 0 atom stereocenters. The Labute approximate surface area is 178 Å². The molecule has 156 valence electrons. The highest BCUT2D eigenvalue weighted by Gasteiger charge is 2.15. The molecule has 0 heterocycles. The first-order valence-electron chi connectivity index (χ1n) is 10.4. The molecule has 4 nitrogen and oxygen atoms in total. The normalized spacial score (nSPS) is 10.5. The van der Waals surface area contributed by atoms with Crippen LogP contribution in [0, 0.1) is 0 Å². The summed E-state index contributed by atoms with van der Waals surface area (Å²) < 4.78 is 17.2. The van der Waals surface area contributed by atoms with Crippen molar-refractivity contribution in [2.45, 2.75) is 26.7 Å². The highest BCUT2D eigenvalue weighted by atomic mass is 16.5. The van der Waals surface area contributed by atoms with E-state index in [1.165, 1.54) is 0 Å². The lowest BCUT2D eigenvalue weighted by Gasteiger charge is -2.13. The third kappa shape index (κ3) is 5.86. The molecule has 0 fully saturated rings. The van der Waals surface area contributed by atoms with Crippen molar-refractivity contribution in [1.29, 1.82) is 0 Å². The van der Waals surface area contributed by atoms with Gasteiger partial charge < -0.3 is 14.2 Å². The van der Waals surface area contributed by atoms with Gasteiger partial charge in [-0.15, -0.1) is 0 Å². The Morgan fingerprint density at radius 3 is 2.03 bits per heavy atom. The van der Waals surface area contributed by atoms with Crippen molar-refractivity contribution in [2.24, 2.45) is 0 Å². The van der Waals surface area contributed by atoms with Crippen LogP contribution in [-0.2, 0) is 0 Å². The van der Waals surface area contributed by atoms with Crippen LogP contribution >= 0.6 is 0 Å². The molecule has 0 aliphatic rings. The fraction of sp³-hybridized carbons (Fsp3) is 0.269. The number of hydrogen-bond donors (Lipinski definition) is 0. The number of benzene rings is 3. The minimum Gasteiger partial charge on any atom is -0.493 e. The maximum atomic E-state index is 12.8. The molecule has 0 aromatic heterocycles. The van der Waals surface area contributed by atoms with Crippen LogP contribution in [0.15, 0.2) is 72.8 Å². The van der Waals surface area contributed by atoms with Crippen molar-refractivity contribution in [3.8, 4) is 28.4 Å². The van der Waals surface area contributed by atoms with Crippen LogP contribution in [0.5, 0.6) is 17.2 Å². The summed E-state index contributed by atoms with van der Waals surface area (Å²) in [6, 6.07) is 23.2. The predicted molar refractivity (Wildman–Crippen MR) is 120 cm³/mol. The van der Waals surface area contributed by atoms with E-state index in [1.807, 2.05) is 49.4 Å². The summed E-state index contributed by atoms with van der Waals surface area (Å²) in [5.74, 6) is 1.77. The quantitative estimate of drug-likeness (QED) is 0.357. The molecule has 0 spiro atoms. The summed E-state index contributed by atoms with van der Waals surface area (Å²) in [6.45, 7) is 5.20. The van der Waals surface area contributed by atoms with Crippen molar-refractivity contribution in [1.82, 2.24) is 0 Å². The van der Waals surface area contributed by atoms with Gasteiger partial charge in [0.05, 0.1) is 18.8 Å². The van der Waals surface area contributed by atoms with E-state index in [4.69, 9.17) is 14.2 Å². The molecule has 0 bridgehead atoms. The van der Waals surface area contributed by atoms with Gasteiger partial charge in [0.2, 0.25) is 5.78 Å². The SMILES string of the molecule is CCCOc1ccc(C(=O)COc2ccc(-c3ccccc3)cc2)c(OCCC)c1. The smallest absolute Gasteiger partial charge is 0.203 e. The van der Waals surface area contributed by atoms with E-state index in [1.54, 1.807) is 18.2 Å². The maximum absolute atomic E-state index is 12.8. The number of carbonyl (C=O) groups excluding carboxylic acids is 1. The van der Waals surface area contributed by atoms with Crippen LogP contribution in [0.25, 0.3) is 11.1 Å². The molecule has 0 saturated carbocycles. The second kappa shape index (κ2) is 11.1. The largest absolute Gasteiger partial charge is 0.493 e. The van der Waals surface area contributed by atoms with Crippen molar-refractivity contribution in [3.05, 3.63) is 78.4 Å².